The lowest BCUT2D eigenvalue weighted by atomic mass is 10.2. The van der Waals surface area contributed by atoms with Gasteiger partial charge in [-0.25, -0.2) is 0 Å². The van der Waals surface area contributed by atoms with Crippen molar-refractivity contribution in [3.8, 4) is 5.75 Å². The third-order valence-corrected chi connectivity index (χ3v) is 3.04. The van der Waals surface area contributed by atoms with E-state index in [1.165, 1.54) is 5.56 Å². The van der Waals surface area contributed by atoms with E-state index in [-0.39, 0.29) is 6.04 Å². The molecule has 1 aromatic heterocycles. The van der Waals surface area contributed by atoms with Crippen LogP contribution >= 0.6 is 12.2 Å². The Morgan fingerprint density at radius 1 is 1.29 bits per heavy atom. The van der Waals surface area contributed by atoms with Crippen molar-refractivity contribution in [2.45, 2.75) is 19.9 Å². The van der Waals surface area contributed by atoms with Gasteiger partial charge in [-0.15, -0.1) is 0 Å². The van der Waals surface area contributed by atoms with Gasteiger partial charge in [-0.1, -0.05) is 17.7 Å². The molecule has 110 valence electrons. The van der Waals surface area contributed by atoms with Gasteiger partial charge in [-0.2, -0.15) is 0 Å². The molecule has 0 amide bonds. The van der Waals surface area contributed by atoms with E-state index in [1.807, 2.05) is 43.3 Å². The van der Waals surface area contributed by atoms with Crippen LogP contribution in [0.1, 0.15) is 12.5 Å². The standard InChI is InChI=1S/C16H19N3OS/c1-12-5-7-15(8-6-12)20-11-13(2)18-16(21)19-14-4-3-9-17-10-14/h3-10,13H,11H2,1-2H3,(H2,18,19,21). The van der Waals surface area contributed by atoms with Crippen molar-refractivity contribution in [2.75, 3.05) is 11.9 Å². The molecule has 1 atom stereocenters. The molecule has 1 heterocycles. The third kappa shape index (κ3) is 5.39. The minimum atomic E-state index is 0.1000. The maximum Gasteiger partial charge on any atom is 0.171 e. The molecule has 0 aliphatic rings. The Morgan fingerprint density at radius 2 is 2.05 bits per heavy atom. The molecule has 0 spiro atoms. The van der Waals surface area contributed by atoms with Gasteiger partial charge in [0.25, 0.3) is 0 Å². The molecule has 0 saturated heterocycles. The molecule has 2 N–H and O–H groups in total. The topological polar surface area (TPSA) is 46.2 Å². The van der Waals surface area contributed by atoms with E-state index in [4.69, 9.17) is 17.0 Å². The molecule has 2 aromatic rings. The lowest BCUT2D eigenvalue weighted by Gasteiger charge is -2.17. The van der Waals surface area contributed by atoms with E-state index >= 15 is 0 Å². The van der Waals surface area contributed by atoms with Gasteiger partial charge < -0.3 is 15.4 Å². The summed E-state index contributed by atoms with van der Waals surface area (Å²) in [5.74, 6) is 0.861. The maximum absolute atomic E-state index is 5.71. The Kier molecular flexibility index (Phi) is 5.51. The average Bonchev–Trinajstić information content (AvgIpc) is 2.47. The highest BCUT2D eigenvalue weighted by Crippen LogP contribution is 2.11. The molecule has 0 bridgehead atoms. The van der Waals surface area contributed by atoms with Crippen LogP contribution in [0, 0.1) is 6.92 Å². The van der Waals surface area contributed by atoms with Crippen LogP contribution in [0.3, 0.4) is 0 Å². The van der Waals surface area contributed by atoms with Crippen molar-refractivity contribution in [2.24, 2.45) is 0 Å². The summed E-state index contributed by atoms with van der Waals surface area (Å²) < 4.78 is 5.71. The minimum Gasteiger partial charge on any atom is -0.491 e. The monoisotopic (exact) mass is 301 g/mol. The molecule has 0 aliphatic carbocycles. The molecular formula is C16H19N3OS. The SMILES string of the molecule is Cc1ccc(OCC(C)NC(=S)Nc2cccnc2)cc1. The van der Waals surface area contributed by atoms with Crippen molar-refractivity contribution in [3.05, 3.63) is 54.4 Å². The van der Waals surface area contributed by atoms with Crippen molar-refractivity contribution in [1.82, 2.24) is 10.3 Å². The Morgan fingerprint density at radius 3 is 2.71 bits per heavy atom. The van der Waals surface area contributed by atoms with Crippen molar-refractivity contribution in [3.63, 3.8) is 0 Å². The first-order valence-electron chi connectivity index (χ1n) is 6.80. The summed E-state index contributed by atoms with van der Waals surface area (Å²) >= 11 is 5.25. The summed E-state index contributed by atoms with van der Waals surface area (Å²) in [7, 11) is 0. The van der Waals surface area contributed by atoms with Crippen molar-refractivity contribution >= 4 is 23.0 Å². The fourth-order valence-electron chi connectivity index (χ4n) is 1.73. The third-order valence-electron chi connectivity index (χ3n) is 2.82. The van der Waals surface area contributed by atoms with Gasteiger partial charge >= 0.3 is 0 Å². The van der Waals surface area contributed by atoms with E-state index in [2.05, 4.69) is 22.5 Å². The van der Waals surface area contributed by atoms with E-state index in [9.17, 15) is 0 Å². The number of thiocarbonyl (C=S) groups is 1. The summed E-state index contributed by atoms with van der Waals surface area (Å²) in [5.41, 5.74) is 2.08. The van der Waals surface area contributed by atoms with Gasteiger partial charge in [-0.05, 0) is 50.3 Å². The zero-order chi connectivity index (χ0) is 15.1. The van der Waals surface area contributed by atoms with Crippen LogP contribution in [0.15, 0.2) is 48.8 Å². The molecule has 0 saturated carbocycles. The number of aromatic nitrogens is 1. The first-order valence-corrected chi connectivity index (χ1v) is 7.21. The van der Waals surface area contributed by atoms with E-state index in [1.54, 1.807) is 12.4 Å². The van der Waals surface area contributed by atoms with Gasteiger partial charge in [-0.3, -0.25) is 4.98 Å². The van der Waals surface area contributed by atoms with Crippen molar-refractivity contribution < 1.29 is 4.74 Å². The fraction of sp³-hybridized carbons (Fsp3) is 0.250. The second-order valence-corrected chi connectivity index (χ2v) is 5.27. The Bertz CT molecular complexity index is 572. The second-order valence-electron chi connectivity index (χ2n) is 4.87. The number of hydrogen-bond acceptors (Lipinski definition) is 3. The minimum absolute atomic E-state index is 0.1000. The van der Waals surface area contributed by atoms with Crippen LogP contribution in [0.25, 0.3) is 0 Å². The summed E-state index contributed by atoms with van der Waals surface area (Å²) in [4.78, 5) is 4.03. The average molecular weight is 301 g/mol. The van der Waals surface area contributed by atoms with Crippen LogP contribution < -0.4 is 15.4 Å². The smallest absolute Gasteiger partial charge is 0.171 e. The number of aryl methyl sites for hydroxylation is 1. The highest BCUT2D eigenvalue weighted by molar-refractivity contribution is 7.80. The largest absolute Gasteiger partial charge is 0.491 e. The molecule has 0 aliphatic heterocycles. The van der Waals surface area contributed by atoms with Crippen LogP contribution in [0.4, 0.5) is 5.69 Å². The number of pyridine rings is 1. The number of ether oxygens (including phenoxy) is 1. The molecular weight excluding hydrogens is 282 g/mol. The van der Waals surface area contributed by atoms with Gasteiger partial charge in [0.05, 0.1) is 17.9 Å². The number of nitrogens with one attached hydrogen (secondary N) is 2. The first-order chi connectivity index (χ1) is 10.1. The number of benzene rings is 1. The molecule has 1 aromatic carbocycles. The summed E-state index contributed by atoms with van der Waals surface area (Å²) in [6.07, 6.45) is 3.45. The molecule has 21 heavy (non-hydrogen) atoms. The van der Waals surface area contributed by atoms with Gasteiger partial charge in [0.15, 0.2) is 5.11 Å². The highest BCUT2D eigenvalue weighted by atomic mass is 32.1. The van der Waals surface area contributed by atoms with Crippen molar-refractivity contribution in [1.29, 1.82) is 0 Å². The number of rotatable bonds is 5. The lowest BCUT2D eigenvalue weighted by molar-refractivity contribution is 0.287. The molecule has 2 rings (SSSR count). The molecule has 5 heteroatoms. The summed E-state index contributed by atoms with van der Waals surface area (Å²) in [6, 6.07) is 11.9. The molecule has 0 fully saturated rings. The van der Waals surface area contributed by atoms with Crippen LogP contribution in [0.5, 0.6) is 5.75 Å². The molecule has 1 unspecified atom stereocenters. The van der Waals surface area contributed by atoms with Gasteiger partial charge in [0.1, 0.15) is 12.4 Å². The van der Waals surface area contributed by atoms with Gasteiger partial charge in [0.2, 0.25) is 0 Å². The Hall–Kier alpha value is -2.14. The number of hydrogen-bond donors (Lipinski definition) is 2. The predicted molar refractivity (Wildman–Crippen MR) is 89.7 cm³/mol. The van der Waals surface area contributed by atoms with Crippen LogP contribution in [-0.2, 0) is 0 Å². The van der Waals surface area contributed by atoms with Gasteiger partial charge in [0, 0.05) is 6.20 Å². The first kappa shape index (κ1) is 15.3. The summed E-state index contributed by atoms with van der Waals surface area (Å²) in [6.45, 7) is 4.61. The normalized spacial score (nSPS) is 11.5. The predicted octanol–water partition coefficient (Wildman–Crippen LogP) is 3.14. The summed E-state index contributed by atoms with van der Waals surface area (Å²) in [5, 5.41) is 6.82. The van der Waals surface area contributed by atoms with E-state index < -0.39 is 0 Å². The molecule has 4 nitrogen and oxygen atoms in total. The number of nitrogens with zero attached hydrogens (tertiary/aromatic N) is 1. The lowest BCUT2D eigenvalue weighted by Crippen LogP contribution is -2.39. The Labute approximate surface area is 130 Å². The maximum atomic E-state index is 5.71. The van der Waals surface area contributed by atoms with E-state index in [0.717, 1.165) is 11.4 Å². The fourth-order valence-corrected chi connectivity index (χ4v) is 2.04. The van der Waals surface area contributed by atoms with E-state index in [0.29, 0.717) is 11.7 Å². The van der Waals surface area contributed by atoms with Crippen LogP contribution in [-0.4, -0.2) is 22.7 Å². The molecule has 0 radical (unpaired) electrons. The second kappa shape index (κ2) is 7.59. The number of anilines is 1. The zero-order valence-corrected chi connectivity index (χ0v) is 13.0. The zero-order valence-electron chi connectivity index (χ0n) is 12.2. The highest BCUT2D eigenvalue weighted by Gasteiger charge is 2.05. The Balaban J connectivity index is 1.75. The quantitative estimate of drug-likeness (QED) is 0.831. The van der Waals surface area contributed by atoms with Crippen LogP contribution in [0.2, 0.25) is 0 Å².